The van der Waals surface area contributed by atoms with Crippen LogP contribution in [0.2, 0.25) is 0 Å². The fourth-order valence-electron chi connectivity index (χ4n) is 3.85. The van der Waals surface area contributed by atoms with Crippen LogP contribution in [0.3, 0.4) is 0 Å². The molecule has 1 amide bonds. The monoisotopic (exact) mass is 497 g/mol. The summed E-state index contributed by atoms with van der Waals surface area (Å²) in [5, 5.41) is 15.2. The fraction of sp³-hybridized carbons (Fsp3) is 0.370. The number of aromatic nitrogens is 2. The molecule has 0 aliphatic carbocycles. The molecule has 0 unspecified atom stereocenters. The van der Waals surface area contributed by atoms with Gasteiger partial charge in [0.1, 0.15) is 0 Å². The van der Waals surface area contributed by atoms with Crippen LogP contribution in [0, 0.1) is 17.2 Å². The molecule has 2 atom stereocenters. The van der Waals surface area contributed by atoms with E-state index in [1.54, 1.807) is 30.7 Å². The largest absolute Gasteiger partial charge is 0.416 e. The summed E-state index contributed by atoms with van der Waals surface area (Å²) >= 11 is 0. The Hall–Kier alpha value is -3.64. The maximum absolute atomic E-state index is 13.0. The average Bonchev–Trinajstić information content (AvgIpc) is 3.29. The smallest absolute Gasteiger partial charge is 0.351 e. The predicted octanol–water partition coefficient (Wildman–Crippen LogP) is 4.69. The van der Waals surface area contributed by atoms with Gasteiger partial charge < -0.3 is 15.2 Å². The number of halogens is 3. The molecule has 0 saturated heterocycles. The Labute approximate surface area is 209 Å². The number of imidazole rings is 1. The topological polar surface area (TPSA) is 82.7 Å². The van der Waals surface area contributed by atoms with Gasteiger partial charge in [0.05, 0.1) is 29.9 Å². The van der Waals surface area contributed by atoms with E-state index in [9.17, 15) is 18.0 Å². The average molecular weight is 498 g/mol. The number of amides is 1. The van der Waals surface area contributed by atoms with Crippen LogP contribution in [0.15, 0.2) is 61.1 Å². The summed E-state index contributed by atoms with van der Waals surface area (Å²) < 4.78 is 40.8. The van der Waals surface area contributed by atoms with Crippen molar-refractivity contribution in [3.05, 3.63) is 89.0 Å². The van der Waals surface area contributed by atoms with Crippen LogP contribution in [0.5, 0.6) is 0 Å². The van der Waals surface area contributed by atoms with Gasteiger partial charge in [0, 0.05) is 37.6 Å². The molecule has 0 saturated carbocycles. The van der Waals surface area contributed by atoms with Crippen molar-refractivity contribution in [2.45, 2.75) is 52.0 Å². The van der Waals surface area contributed by atoms with Gasteiger partial charge in [-0.25, -0.2) is 4.98 Å². The van der Waals surface area contributed by atoms with Crippen LogP contribution < -0.4 is 10.6 Å². The molecule has 3 aromatic rings. The van der Waals surface area contributed by atoms with E-state index >= 15 is 0 Å². The molecule has 2 N–H and O–H groups in total. The second-order valence-electron chi connectivity index (χ2n) is 8.89. The summed E-state index contributed by atoms with van der Waals surface area (Å²) in [4.78, 5) is 17.1. The highest BCUT2D eigenvalue weighted by atomic mass is 19.4. The lowest BCUT2D eigenvalue weighted by molar-refractivity contribution is -0.137. The van der Waals surface area contributed by atoms with E-state index in [0.717, 1.165) is 29.8 Å². The Kier molecular flexibility index (Phi) is 9.25. The van der Waals surface area contributed by atoms with Crippen LogP contribution in [0.25, 0.3) is 0 Å². The Morgan fingerprint density at radius 2 is 1.92 bits per heavy atom. The van der Waals surface area contributed by atoms with Crippen molar-refractivity contribution in [3.63, 3.8) is 0 Å². The highest BCUT2D eigenvalue weighted by Crippen LogP contribution is 2.29. The standard InChI is InChI=1S/C27H30F3N5O/c1-3-19(2)25(16-32-14-22-5-4-6-23(11-22)27(28,29)30)34-26(36)12-24-15-33-18-35(24)17-21-9-7-20(13-31)8-10-21/h4-11,15,18-19,25,32H,3,12,14,16-17H2,1-2H3,(H,34,36)/t19-,25+/m0/s1. The van der Waals surface area contributed by atoms with Crippen molar-refractivity contribution < 1.29 is 18.0 Å². The van der Waals surface area contributed by atoms with Gasteiger partial charge in [-0.15, -0.1) is 0 Å². The fourth-order valence-corrected chi connectivity index (χ4v) is 3.85. The quantitative estimate of drug-likeness (QED) is 0.403. The number of carbonyl (C=O) groups excluding carboxylic acids is 1. The lowest BCUT2D eigenvalue weighted by Gasteiger charge is -2.25. The summed E-state index contributed by atoms with van der Waals surface area (Å²) in [6.45, 7) is 5.29. The molecule has 2 aromatic carbocycles. The molecule has 0 radical (unpaired) electrons. The molecule has 0 aliphatic heterocycles. The molecular weight excluding hydrogens is 467 g/mol. The molecule has 0 aliphatic rings. The van der Waals surface area contributed by atoms with E-state index in [1.165, 1.54) is 6.07 Å². The van der Waals surface area contributed by atoms with Crippen molar-refractivity contribution in [2.24, 2.45) is 5.92 Å². The molecule has 0 fully saturated rings. The first kappa shape index (κ1) is 27.0. The van der Waals surface area contributed by atoms with Gasteiger partial charge in [-0.2, -0.15) is 18.4 Å². The highest BCUT2D eigenvalue weighted by Gasteiger charge is 2.30. The van der Waals surface area contributed by atoms with Crippen molar-refractivity contribution in [3.8, 4) is 6.07 Å². The first-order valence-corrected chi connectivity index (χ1v) is 11.8. The van der Waals surface area contributed by atoms with Crippen molar-refractivity contribution in [1.82, 2.24) is 20.2 Å². The van der Waals surface area contributed by atoms with Crippen molar-refractivity contribution >= 4 is 5.91 Å². The van der Waals surface area contributed by atoms with E-state index < -0.39 is 11.7 Å². The van der Waals surface area contributed by atoms with Gasteiger partial charge in [-0.05, 0) is 35.2 Å². The zero-order valence-electron chi connectivity index (χ0n) is 20.3. The maximum Gasteiger partial charge on any atom is 0.416 e. The Morgan fingerprint density at radius 3 is 2.58 bits per heavy atom. The predicted molar refractivity (Wildman–Crippen MR) is 131 cm³/mol. The zero-order chi connectivity index (χ0) is 26.1. The number of carbonyl (C=O) groups is 1. The van der Waals surface area contributed by atoms with Crippen molar-refractivity contribution in [2.75, 3.05) is 6.54 Å². The van der Waals surface area contributed by atoms with Crippen LogP contribution in [0.1, 0.15) is 48.2 Å². The summed E-state index contributed by atoms with van der Waals surface area (Å²) in [7, 11) is 0. The SMILES string of the molecule is CC[C@H](C)[C@@H](CNCc1cccc(C(F)(F)F)c1)NC(=O)Cc1cncn1Cc1ccc(C#N)cc1. The van der Waals surface area contributed by atoms with Gasteiger partial charge in [0.25, 0.3) is 0 Å². The number of benzene rings is 2. The lowest BCUT2D eigenvalue weighted by Crippen LogP contribution is -2.46. The summed E-state index contributed by atoms with van der Waals surface area (Å²) in [5.41, 5.74) is 2.19. The van der Waals surface area contributed by atoms with Gasteiger partial charge in [0.2, 0.25) is 5.91 Å². The first-order valence-electron chi connectivity index (χ1n) is 11.8. The van der Waals surface area contributed by atoms with Gasteiger partial charge in [0.15, 0.2) is 0 Å². The minimum atomic E-state index is -4.38. The third kappa shape index (κ3) is 7.68. The molecule has 0 bridgehead atoms. The third-order valence-electron chi connectivity index (χ3n) is 6.20. The van der Waals surface area contributed by atoms with E-state index in [-0.39, 0.29) is 30.8 Å². The first-order chi connectivity index (χ1) is 17.2. The number of hydrogen-bond acceptors (Lipinski definition) is 4. The molecule has 1 aromatic heterocycles. The molecule has 190 valence electrons. The van der Waals surface area contributed by atoms with E-state index in [2.05, 4.69) is 21.7 Å². The second-order valence-corrected chi connectivity index (χ2v) is 8.89. The molecule has 9 heteroatoms. The summed E-state index contributed by atoms with van der Waals surface area (Å²) in [6.07, 6.45) is -0.0591. The summed E-state index contributed by atoms with van der Waals surface area (Å²) in [6, 6.07) is 14.4. The highest BCUT2D eigenvalue weighted by molar-refractivity contribution is 5.78. The van der Waals surface area contributed by atoms with Gasteiger partial charge >= 0.3 is 6.18 Å². The molecule has 36 heavy (non-hydrogen) atoms. The Morgan fingerprint density at radius 1 is 1.17 bits per heavy atom. The number of hydrogen-bond donors (Lipinski definition) is 2. The van der Waals surface area contributed by atoms with Crippen LogP contribution >= 0.6 is 0 Å². The zero-order valence-corrected chi connectivity index (χ0v) is 20.3. The van der Waals surface area contributed by atoms with Gasteiger partial charge in [-0.3, -0.25) is 4.79 Å². The number of rotatable bonds is 11. The van der Waals surface area contributed by atoms with Gasteiger partial charge in [-0.1, -0.05) is 50.6 Å². The van der Waals surface area contributed by atoms with Crippen molar-refractivity contribution in [1.29, 1.82) is 5.26 Å². The number of nitriles is 1. The number of alkyl halides is 3. The third-order valence-corrected chi connectivity index (χ3v) is 6.20. The molecule has 6 nitrogen and oxygen atoms in total. The molecule has 1 heterocycles. The second kappa shape index (κ2) is 12.4. The van der Waals surface area contributed by atoms with E-state index in [4.69, 9.17) is 5.26 Å². The number of nitrogens with zero attached hydrogens (tertiary/aromatic N) is 3. The summed E-state index contributed by atoms with van der Waals surface area (Å²) in [5.74, 6) is 0.0225. The lowest BCUT2D eigenvalue weighted by atomic mass is 9.98. The molecule has 0 spiro atoms. The molecular formula is C27H30F3N5O. The minimum absolute atomic E-state index is 0.150. The molecule has 3 rings (SSSR count). The van der Waals surface area contributed by atoms with E-state index in [0.29, 0.717) is 24.2 Å². The minimum Gasteiger partial charge on any atom is -0.351 e. The van der Waals surface area contributed by atoms with E-state index in [1.807, 2.05) is 30.5 Å². The Balaban J connectivity index is 1.57. The van der Waals surface area contributed by atoms with Crippen LogP contribution in [-0.2, 0) is 30.5 Å². The number of nitrogens with one attached hydrogen (secondary N) is 2. The maximum atomic E-state index is 13.0. The normalized spacial score (nSPS) is 13.1. The van der Waals surface area contributed by atoms with Crippen LogP contribution in [-0.4, -0.2) is 28.0 Å². The Bertz CT molecular complexity index is 1180. The van der Waals surface area contributed by atoms with Crippen LogP contribution in [0.4, 0.5) is 13.2 Å².